The molecule has 0 unspecified atom stereocenters. The van der Waals surface area contributed by atoms with Crippen molar-refractivity contribution in [3.63, 3.8) is 0 Å². The minimum atomic E-state index is -3.78. The molecule has 0 aromatic heterocycles. The lowest BCUT2D eigenvalue weighted by Crippen LogP contribution is -2.12. The van der Waals surface area contributed by atoms with Crippen LogP contribution < -0.4 is 4.18 Å². The van der Waals surface area contributed by atoms with E-state index in [4.69, 9.17) is 4.18 Å². The van der Waals surface area contributed by atoms with E-state index in [1.165, 1.54) is 12.1 Å². The highest BCUT2D eigenvalue weighted by Crippen LogP contribution is 2.25. The van der Waals surface area contributed by atoms with E-state index < -0.39 is 10.1 Å². The lowest BCUT2D eigenvalue weighted by atomic mass is 9.87. The largest absolute Gasteiger partial charge is 0.379 e. The summed E-state index contributed by atoms with van der Waals surface area (Å²) < 4.78 is 29.2. The van der Waals surface area contributed by atoms with Crippen molar-refractivity contribution in [3.05, 3.63) is 60.2 Å². The van der Waals surface area contributed by atoms with Crippen molar-refractivity contribution in [3.8, 4) is 5.75 Å². The first-order chi connectivity index (χ1) is 9.29. The Bertz CT molecular complexity index is 666. The molecule has 0 amide bonds. The van der Waals surface area contributed by atoms with Crippen molar-refractivity contribution in [1.29, 1.82) is 0 Å². The van der Waals surface area contributed by atoms with E-state index >= 15 is 0 Å². The zero-order chi connectivity index (χ0) is 14.8. The molecule has 0 aliphatic rings. The van der Waals surface area contributed by atoms with Gasteiger partial charge in [-0.1, -0.05) is 45.0 Å². The van der Waals surface area contributed by atoms with Crippen LogP contribution in [-0.4, -0.2) is 8.42 Å². The normalized spacial score (nSPS) is 12.2. The third kappa shape index (κ3) is 3.39. The molecule has 3 nitrogen and oxygen atoms in total. The van der Waals surface area contributed by atoms with Crippen LogP contribution in [-0.2, 0) is 15.5 Å². The summed E-state index contributed by atoms with van der Waals surface area (Å²) in [5.41, 5.74) is 1.14. The van der Waals surface area contributed by atoms with Crippen LogP contribution in [0.4, 0.5) is 0 Å². The van der Waals surface area contributed by atoms with Gasteiger partial charge >= 0.3 is 10.1 Å². The van der Waals surface area contributed by atoms with Gasteiger partial charge in [0.15, 0.2) is 0 Å². The van der Waals surface area contributed by atoms with Crippen LogP contribution in [0.5, 0.6) is 5.75 Å². The lowest BCUT2D eigenvalue weighted by Gasteiger charge is -2.19. The van der Waals surface area contributed by atoms with E-state index in [1.54, 1.807) is 24.3 Å². The summed E-state index contributed by atoms with van der Waals surface area (Å²) in [6.45, 7) is 6.29. The van der Waals surface area contributed by atoms with Crippen LogP contribution in [0.2, 0.25) is 0 Å². The summed E-state index contributed by atoms with van der Waals surface area (Å²) in [6.07, 6.45) is 0. The average molecular weight is 289 g/mol. The molecule has 0 heterocycles. The summed E-state index contributed by atoms with van der Waals surface area (Å²) in [6, 6.07) is 15.9. The van der Waals surface area contributed by atoms with Crippen molar-refractivity contribution in [2.75, 3.05) is 0 Å². The minimum absolute atomic E-state index is 0.0205. The first kappa shape index (κ1) is 14.6. The van der Waals surface area contributed by atoms with Gasteiger partial charge in [0, 0.05) is 0 Å². The fraction of sp³-hybridized carbons (Fsp3) is 0.250. The van der Waals surface area contributed by atoms with Crippen LogP contribution in [0.25, 0.3) is 0 Å². The van der Waals surface area contributed by atoms with E-state index in [0.29, 0.717) is 5.75 Å². The molecule has 0 N–H and O–H groups in total. The molecule has 0 aliphatic carbocycles. The Morgan fingerprint density at radius 1 is 0.950 bits per heavy atom. The van der Waals surface area contributed by atoms with Gasteiger partial charge in [0.05, 0.1) is 0 Å². The third-order valence-electron chi connectivity index (χ3n) is 2.90. The van der Waals surface area contributed by atoms with Crippen molar-refractivity contribution in [1.82, 2.24) is 0 Å². The van der Waals surface area contributed by atoms with Crippen molar-refractivity contribution < 1.29 is 12.6 Å². The molecule has 0 fully saturated rings. The second-order valence-corrected chi connectivity index (χ2v) is 7.09. The zero-order valence-electron chi connectivity index (χ0n) is 11.8. The second-order valence-electron chi connectivity index (χ2n) is 5.55. The smallest absolute Gasteiger partial charge is 0.339 e. The van der Waals surface area contributed by atoms with Crippen LogP contribution in [0.3, 0.4) is 0 Å². The molecule has 4 heteroatoms. The number of rotatable bonds is 3. The van der Waals surface area contributed by atoms with Crippen LogP contribution in [0.15, 0.2) is 53.4 Å². The monoisotopic (exact) mass is 289 g/mol. The van der Waals surface area contributed by atoms with Crippen LogP contribution in [0.1, 0.15) is 26.3 Å². The molecular formula is C16H17O3S. The van der Waals surface area contributed by atoms with E-state index in [-0.39, 0.29) is 10.3 Å². The minimum Gasteiger partial charge on any atom is -0.379 e. The molecule has 2 aromatic carbocycles. The van der Waals surface area contributed by atoms with Gasteiger partial charge in [0.25, 0.3) is 0 Å². The average Bonchev–Trinajstić information content (AvgIpc) is 2.39. The Labute approximate surface area is 120 Å². The molecular weight excluding hydrogens is 272 g/mol. The highest BCUT2D eigenvalue weighted by Gasteiger charge is 2.17. The summed E-state index contributed by atoms with van der Waals surface area (Å²) in [7, 11) is -3.78. The highest BCUT2D eigenvalue weighted by atomic mass is 32.2. The number of hydrogen-bond acceptors (Lipinski definition) is 3. The molecule has 105 valence electrons. The summed E-state index contributed by atoms with van der Waals surface area (Å²) in [5, 5.41) is 0. The Balaban J connectivity index is 2.23. The van der Waals surface area contributed by atoms with E-state index in [9.17, 15) is 8.42 Å². The fourth-order valence-electron chi connectivity index (χ4n) is 1.72. The Morgan fingerprint density at radius 2 is 1.50 bits per heavy atom. The number of benzene rings is 2. The quantitative estimate of drug-likeness (QED) is 0.812. The molecule has 0 atom stereocenters. The van der Waals surface area contributed by atoms with E-state index in [0.717, 1.165) is 5.56 Å². The van der Waals surface area contributed by atoms with E-state index in [2.05, 4.69) is 26.8 Å². The first-order valence-corrected chi connectivity index (χ1v) is 7.71. The maximum Gasteiger partial charge on any atom is 0.339 e. The van der Waals surface area contributed by atoms with Gasteiger partial charge in [0.1, 0.15) is 10.6 Å². The third-order valence-corrected chi connectivity index (χ3v) is 4.16. The molecule has 1 radical (unpaired) electrons. The SMILES string of the molecule is CC(C)(C)c1ccc(OS(=O)(=O)c2cc[c]cc2)cc1. The van der Waals surface area contributed by atoms with Crippen LogP contribution in [0, 0.1) is 6.07 Å². The standard InChI is InChI=1S/C16H17O3S/c1-16(2,3)13-9-11-14(12-10-13)19-20(17,18)15-7-5-4-6-8-15/h5-12H,1-3H3. The Kier molecular flexibility index (Phi) is 3.86. The molecule has 2 rings (SSSR count). The second kappa shape index (κ2) is 5.29. The van der Waals surface area contributed by atoms with Crippen molar-refractivity contribution in [2.45, 2.75) is 31.1 Å². The molecule has 20 heavy (non-hydrogen) atoms. The predicted octanol–water partition coefficient (Wildman–Crippen LogP) is 3.55. The first-order valence-electron chi connectivity index (χ1n) is 6.30. The zero-order valence-corrected chi connectivity index (χ0v) is 12.6. The number of hydrogen-bond donors (Lipinski definition) is 0. The Morgan fingerprint density at radius 3 is 2.00 bits per heavy atom. The van der Waals surface area contributed by atoms with Gasteiger partial charge in [-0.15, -0.1) is 0 Å². The molecule has 0 saturated carbocycles. The summed E-state index contributed by atoms with van der Waals surface area (Å²) in [5.74, 6) is 0.311. The molecule has 2 aromatic rings. The molecule has 0 spiro atoms. The van der Waals surface area contributed by atoms with Crippen molar-refractivity contribution >= 4 is 10.1 Å². The lowest BCUT2D eigenvalue weighted by molar-refractivity contribution is 0.485. The van der Waals surface area contributed by atoms with Gasteiger partial charge in [-0.3, -0.25) is 0 Å². The maximum atomic E-state index is 12.0. The highest BCUT2D eigenvalue weighted by molar-refractivity contribution is 7.87. The van der Waals surface area contributed by atoms with Gasteiger partial charge in [0.2, 0.25) is 0 Å². The van der Waals surface area contributed by atoms with E-state index in [1.807, 2.05) is 12.1 Å². The molecule has 0 aliphatic heterocycles. The van der Waals surface area contributed by atoms with Gasteiger partial charge in [-0.05, 0) is 41.3 Å². The van der Waals surface area contributed by atoms with Gasteiger partial charge < -0.3 is 4.18 Å². The Hall–Kier alpha value is -1.81. The summed E-state index contributed by atoms with van der Waals surface area (Å²) >= 11 is 0. The molecule has 0 bridgehead atoms. The fourth-order valence-corrected chi connectivity index (χ4v) is 2.65. The maximum absolute atomic E-state index is 12.0. The van der Waals surface area contributed by atoms with Gasteiger partial charge in [-0.25, -0.2) is 0 Å². The van der Waals surface area contributed by atoms with Gasteiger partial charge in [-0.2, -0.15) is 8.42 Å². The summed E-state index contributed by atoms with van der Waals surface area (Å²) in [4.78, 5) is 0.121. The predicted molar refractivity (Wildman–Crippen MR) is 78.2 cm³/mol. The van der Waals surface area contributed by atoms with Crippen molar-refractivity contribution in [2.24, 2.45) is 0 Å². The topological polar surface area (TPSA) is 43.4 Å². The molecule has 0 saturated heterocycles. The van der Waals surface area contributed by atoms with Crippen LogP contribution >= 0.6 is 0 Å².